The molecule has 0 aliphatic rings. The van der Waals surface area contributed by atoms with Crippen molar-refractivity contribution in [1.29, 1.82) is 0 Å². The summed E-state index contributed by atoms with van der Waals surface area (Å²) < 4.78 is 5.48. The van der Waals surface area contributed by atoms with Crippen LogP contribution in [-0.2, 0) is 0 Å². The molecular formula is C13H14N2O3S. The number of hydrogen-bond acceptors (Lipinski definition) is 5. The second-order valence-electron chi connectivity index (χ2n) is 3.83. The van der Waals surface area contributed by atoms with E-state index in [1.807, 2.05) is 24.3 Å². The Morgan fingerprint density at radius 2 is 2.16 bits per heavy atom. The van der Waals surface area contributed by atoms with Gasteiger partial charge in [0.2, 0.25) is 0 Å². The summed E-state index contributed by atoms with van der Waals surface area (Å²) in [5.41, 5.74) is 0.843. The summed E-state index contributed by atoms with van der Waals surface area (Å²) in [5, 5.41) is 12.4. The van der Waals surface area contributed by atoms with Crippen molar-refractivity contribution in [3.05, 3.63) is 35.3 Å². The summed E-state index contributed by atoms with van der Waals surface area (Å²) in [6, 6.07) is 7.47. The van der Waals surface area contributed by atoms with E-state index in [1.54, 1.807) is 0 Å². The molecule has 2 N–H and O–H groups in total. The summed E-state index contributed by atoms with van der Waals surface area (Å²) in [7, 11) is 0. The van der Waals surface area contributed by atoms with Gasteiger partial charge in [0.1, 0.15) is 10.6 Å². The van der Waals surface area contributed by atoms with E-state index in [1.165, 1.54) is 6.20 Å². The van der Waals surface area contributed by atoms with Crippen LogP contribution < -0.4 is 10.1 Å². The highest BCUT2D eigenvalue weighted by Crippen LogP contribution is 2.24. The number of nitrogens with one attached hydrogen (secondary N) is 1. The number of anilines is 2. The van der Waals surface area contributed by atoms with E-state index in [4.69, 9.17) is 9.84 Å². The van der Waals surface area contributed by atoms with Crippen LogP contribution in [-0.4, -0.2) is 22.7 Å². The third-order valence-corrected chi connectivity index (χ3v) is 3.20. The minimum Gasteiger partial charge on any atom is -0.494 e. The fourth-order valence-corrected chi connectivity index (χ4v) is 2.08. The van der Waals surface area contributed by atoms with Gasteiger partial charge >= 0.3 is 5.97 Å². The van der Waals surface area contributed by atoms with Gasteiger partial charge in [0.05, 0.1) is 12.8 Å². The first-order chi connectivity index (χ1) is 9.19. The lowest BCUT2D eigenvalue weighted by Crippen LogP contribution is -1.95. The first-order valence-corrected chi connectivity index (χ1v) is 6.69. The molecule has 1 aromatic heterocycles. The standard InChI is InChI=1S/C13H14N2O3S/c1-2-7-18-10-5-3-9(4-6-10)15-13-14-8-11(19-13)12(16)17/h3-6,8H,2,7H2,1H3,(H,14,15)(H,16,17). The van der Waals surface area contributed by atoms with Crippen LogP contribution in [0.4, 0.5) is 10.8 Å². The predicted octanol–water partition coefficient (Wildman–Crippen LogP) is 3.37. The predicted molar refractivity (Wildman–Crippen MR) is 74.6 cm³/mol. The summed E-state index contributed by atoms with van der Waals surface area (Å²) >= 11 is 1.10. The Bertz CT molecular complexity index is 551. The Hall–Kier alpha value is -2.08. The third-order valence-electron chi connectivity index (χ3n) is 2.29. The Morgan fingerprint density at radius 3 is 2.74 bits per heavy atom. The zero-order valence-corrected chi connectivity index (χ0v) is 11.2. The lowest BCUT2D eigenvalue weighted by Gasteiger charge is -2.06. The molecule has 6 heteroatoms. The molecule has 0 bridgehead atoms. The van der Waals surface area contributed by atoms with Crippen molar-refractivity contribution in [2.75, 3.05) is 11.9 Å². The minimum atomic E-state index is -0.964. The van der Waals surface area contributed by atoms with Crippen LogP contribution in [0.25, 0.3) is 0 Å². The molecule has 2 aromatic rings. The smallest absolute Gasteiger partial charge is 0.347 e. The van der Waals surface area contributed by atoms with Crippen molar-refractivity contribution in [3.63, 3.8) is 0 Å². The van der Waals surface area contributed by atoms with Crippen LogP contribution in [0, 0.1) is 0 Å². The van der Waals surface area contributed by atoms with E-state index < -0.39 is 5.97 Å². The monoisotopic (exact) mass is 278 g/mol. The van der Waals surface area contributed by atoms with E-state index in [-0.39, 0.29) is 4.88 Å². The molecule has 100 valence electrons. The molecule has 1 heterocycles. The van der Waals surface area contributed by atoms with Gasteiger partial charge in [-0.2, -0.15) is 0 Å². The Kier molecular flexibility index (Phi) is 4.35. The van der Waals surface area contributed by atoms with Gasteiger partial charge in [-0.25, -0.2) is 9.78 Å². The molecule has 0 unspecified atom stereocenters. The SMILES string of the molecule is CCCOc1ccc(Nc2ncc(C(=O)O)s2)cc1. The van der Waals surface area contributed by atoms with Crippen molar-refractivity contribution in [2.45, 2.75) is 13.3 Å². The second-order valence-corrected chi connectivity index (χ2v) is 4.86. The summed E-state index contributed by atoms with van der Waals surface area (Å²) in [4.78, 5) is 15.0. The molecule has 0 saturated carbocycles. The highest BCUT2D eigenvalue weighted by Gasteiger charge is 2.08. The molecule has 0 aliphatic carbocycles. The highest BCUT2D eigenvalue weighted by molar-refractivity contribution is 7.17. The number of rotatable bonds is 6. The zero-order valence-electron chi connectivity index (χ0n) is 10.4. The van der Waals surface area contributed by atoms with Crippen LogP contribution in [0.1, 0.15) is 23.0 Å². The average molecular weight is 278 g/mol. The first-order valence-electron chi connectivity index (χ1n) is 5.88. The van der Waals surface area contributed by atoms with Crippen LogP contribution in [0.3, 0.4) is 0 Å². The van der Waals surface area contributed by atoms with Crippen LogP contribution in [0.5, 0.6) is 5.75 Å². The second kappa shape index (κ2) is 6.19. The number of aromatic carboxylic acids is 1. The average Bonchev–Trinajstić information content (AvgIpc) is 2.87. The molecule has 5 nitrogen and oxygen atoms in total. The zero-order chi connectivity index (χ0) is 13.7. The molecule has 0 spiro atoms. The number of ether oxygens (including phenoxy) is 1. The number of thiazole rings is 1. The fourth-order valence-electron chi connectivity index (χ4n) is 1.41. The van der Waals surface area contributed by atoms with Crippen molar-refractivity contribution in [3.8, 4) is 5.75 Å². The van der Waals surface area contributed by atoms with E-state index >= 15 is 0 Å². The number of carboxylic acid groups (broad SMARTS) is 1. The number of nitrogens with zero attached hydrogens (tertiary/aromatic N) is 1. The molecule has 0 radical (unpaired) electrons. The molecule has 19 heavy (non-hydrogen) atoms. The van der Waals surface area contributed by atoms with E-state index in [0.29, 0.717) is 11.7 Å². The maximum Gasteiger partial charge on any atom is 0.347 e. The van der Waals surface area contributed by atoms with Gasteiger partial charge in [-0.3, -0.25) is 0 Å². The highest BCUT2D eigenvalue weighted by atomic mass is 32.1. The summed E-state index contributed by atoms with van der Waals surface area (Å²) in [6.07, 6.45) is 2.31. The van der Waals surface area contributed by atoms with E-state index in [9.17, 15) is 4.79 Å². The molecular weight excluding hydrogens is 264 g/mol. The quantitative estimate of drug-likeness (QED) is 0.847. The lowest BCUT2D eigenvalue weighted by atomic mass is 10.3. The van der Waals surface area contributed by atoms with E-state index in [0.717, 1.165) is 29.2 Å². The number of aromatic nitrogens is 1. The normalized spacial score (nSPS) is 10.2. The van der Waals surface area contributed by atoms with Gasteiger partial charge in [0.25, 0.3) is 0 Å². The summed E-state index contributed by atoms with van der Waals surface area (Å²) in [6.45, 7) is 2.75. The maximum atomic E-state index is 10.7. The number of carbonyl (C=O) groups is 1. The largest absolute Gasteiger partial charge is 0.494 e. The number of carboxylic acids is 1. The van der Waals surface area contributed by atoms with Gasteiger partial charge in [0, 0.05) is 5.69 Å². The van der Waals surface area contributed by atoms with Crippen LogP contribution in [0.2, 0.25) is 0 Å². The number of hydrogen-bond donors (Lipinski definition) is 2. The lowest BCUT2D eigenvalue weighted by molar-refractivity contribution is 0.0702. The Balaban J connectivity index is 2.00. The van der Waals surface area contributed by atoms with E-state index in [2.05, 4.69) is 17.2 Å². The molecule has 0 fully saturated rings. The van der Waals surface area contributed by atoms with Gasteiger partial charge in [-0.1, -0.05) is 18.3 Å². The molecule has 0 aliphatic heterocycles. The molecule has 2 rings (SSSR count). The van der Waals surface area contributed by atoms with Gasteiger partial charge in [0.15, 0.2) is 5.13 Å². The summed E-state index contributed by atoms with van der Waals surface area (Å²) in [5.74, 6) is -0.147. The first kappa shape index (κ1) is 13.4. The van der Waals surface area contributed by atoms with Crippen molar-refractivity contribution < 1.29 is 14.6 Å². The van der Waals surface area contributed by atoms with Crippen molar-refractivity contribution in [2.24, 2.45) is 0 Å². The van der Waals surface area contributed by atoms with Gasteiger partial charge in [-0.05, 0) is 30.7 Å². The van der Waals surface area contributed by atoms with Gasteiger partial charge in [-0.15, -0.1) is 0 Å². The maximum absolute atomic E-state index is 10.7. The topological polar surface area (TPSA) is 71.5 Å². The van der Waals surface area contributed by atoms with Crippen molar-refractivity contribution in [1.82, 2.24) is 4.98 Å². The van der Waals surface area contributed by atoms with Crippen LogP contribution >= 0.6 is 11.3 Å². The minimum absolute atomic E-state index is 0.213. The Morgan fingerprint density at radius 1 is 1.42 bits per heavy atom. The fraction of sp³-hybridized carbons (Fsp3) is 0.231. The molecule has 0 saturated heterocycles. The molecule has 0 atom stereocenters. The van der Waals surface area contributed by atoms with Crippen molar-refractivity contribution >= 4 is 28.1 Å². The number of benzene rings is 1. The third kappa shape index (κ3) is 3.69. The Labute approximate surface area is 114 Å². The van der Waals surface area contributed by atoms with Gasteiger partial charge < -0.3 is 15.2 Å². The van der Waals surface area contributed by atoms with Crippen LogP contribution in [0.15, 0.2) is 30.5 Å². The molecule has 1 aromatic carbocycles. The molecule has 0 amide bonds.